The Labute approximate surface area is 69.4 Å². The molecule has 3 heterocycles. The molecule has 2 unspecified atom stereocenters. The van der Waals surface area contributed by atoms with Gasteiger partial charge in [-0.2, -0.15) is 0 Å². The van der Waals surface area contributed by atoms with Gasteiger partial charge in [0.05, 0.1) is 24.2 Å². The maximum absolute atomic E-state index is 4.27. The van der Waals surface area contributed by atoms with Crippen LogP contribution in [-0.2, 0) is 0 Å². The molecule has 1 aromatic heterocycles. The zero-order valence-corrected chi connectivity index (χ0v) is 6.31. The van der Waals surface area contributed by atoms with Crippen LogP contribution in [0.3, 0.4) is 0 Å². The quantitative estimate of drug-likeness (QED) is 0.584. The SMILES string of the molecule is C1=CC2c3[nH]cnc3C=NC2[N]1. The van der Waals surface area contributed by atoms with Crippen molar-refractivity contribution in [1.29, 1.82) is 0 Å². The highest BCUT2D eigenvalue weighted by molar-refractivity contribution is 5.80. The summed E-state index contributed by atoms with van der Waals surface area (Å²) in [5.74, 6) is 0.285. The summed E-state index contributed by atoms with van der Waals surface area (Å²) < 4.78 is 0. The molecule has 0 saturated carbocycles. The van der Waals surface area contributed by atoms with Crippen molar-refractivity contribution in [3.63, 3.8) is 0 Å². The molecule has 4 nitrogen and oxygen atoms in total. The molecule has 2 aliphatic heterocycles. The first-order chi connectivity index (χ1) is 5.95. The van der Waals surface area contributed by atoms with Crippen LogP contribution in [0.2, 0.25) is 0 Å². The fourth-order valence-electron chi connectivity index (χ4n) is 1.63. The van der Waals surface area contributed by atoms with Crippen LogP contribution in [0.25, 0.3) is 0 Å². The Morgan fingerprint density at radius 1 is 1.42 bits per heavy atom. The van der Waals surface area contributed by atoms with Crippen molar-refractivity contribution in [2.75, 3.05) is 0 Å². The maximum atomic E-state index is 4.27. The summed E-state index contributed by atoms with van der Waals surface area (Å²) in [7, 11) is 0. The number of nitrogens with zero attached hydrogens (tertiary/aromatic N) is 3. The van der Waals surface area contributed by atoms with Crippen molar-refractivity contribution >= 4 is 6.21 Å². The van der Waals surface area contributed by atoms with E-state index >= 15 is 0 Å². The summed E-state index contributed by atoms with van der Waals surface area (Å²) in [6.07, 6.45) is 7.41. The van der Waals surface area contributed by atoms with Crippen LogP contribution in [-0.4, -0.2) is 22.3 Å². The Morgan fingerprint density at radius 2 is 2.42 bits per heavy atom. The summed E-state index contributed by atoms with van der Waals surface area (Å²) in [6.45, 7) is 0. The van der Waals surface area contributed by atoms with Gasteiger partial charge in [-0.1, -0.05) is 6.08 Å². The first kappa shape index (κ1) is 5.99. The Bertz CT molecular complexity index is 363. The Balaban J connectivity index is 2.17. The minimum absolute atomic E-state index is 0.0537. The summed E-state index contributed by atoms with van der Waals surface area (Å²) in [5.41, 5.74) is 2.07. The Morgan fingerprint density at radius 3 is 3.42 bits per heavy atom. The van der Waals surface area contributed by atoms with Gasteiger partial charge in [0.15, 0.2) is 6.17 Å². The largest absolute Gasteiger partial charge is 0.347 e. The van der Waals surface area contributed by atoms with Gasteiger partial charge in [-0.3, -0.25) is 10.3 Å². The number of aromatic amines is 1. The number of fused-ring (bicyclic) bond motifs is 3. The van der Waals surface area contributed by atoms with Crippen LogP contribution in [0.15, 0.2) is 23.6 Å². The molecule has 12 heavy (non-hydrogen) atoms. The molecular weight excluding hydrogens is 152 g/mol. The van der Waals surface area contributed by atoms with E-state index in [1.54, 1.807) is 12.5 Å². The van der Waals surface area contributed by atoms with Crippen LogP contribution >= 0.6 is 0 Å². The molecule has 0 aromatic carbocycles. The van der Waals surface area contributed by atoms with E-state index in [0.29, 0.717) is 0 Å². The van der Waals surface area contributed by atoms with Crippen molar-refractivity contribution in [3.8, 4) is 0 Å². The Hall–Kier alpha value is -1.58. The predicted molar refractivity (Wildman–Crippen MR) is 44.0 cm³/mol. The highest BCUT2D eigenvalue weighted by Crippen LogP contribution is 2.29. The molecule has 0 spiro atoms. The van der Waals surface area contributed by atoms with Gasteiger partial charge in [0, 0.05) is 6.20 Å². The lowest BCUT2D eigenvalue weighted by Gasteiger charge is -2.16. The first-order valence-corrected chi connectivity index (χ1v) is 3.88. The van der Waals surface area contributed by atoms with E-state index in [1.807, 2.05) is 6.20 Å². The van der Waals surface area contributed by atoms with Crippen LogP contribution < -0.4 is 5.32 Å². The summed E-state index contributed by atoms with van der Waals surface area (Å²) in [6, 6.07) is 0. The number of hydrogen-bond donors (Lipinski definition) is 1. The summed E-state index contributed by atoms with van der Waals surface area (Å²) in [5, 5.41) is 4.21. The molecule has 0 bridgehead atoms. The zero-order valence-electron chi connectivity index (χ0n) is 6.31. The van der Waals surface area contributed by atoms with Crippen molar-refractivity contribution < 1.29 is 0 Å². The second-order valence-electron chi connectivity index (χ2n) is 2.91. The molecule has 4 heteroatoms. The Kier molecular flexibility index (Phi) is 0.983. The third-order valence-electron chi connectivity index (χ3n) is 2.24. The van der Waals surface area contributed by atoms with Gasteiger partial charge in [0.25, 0.3) is 0 Å². The minimum atomic E-state index is 0.0537. The average Bonchev–Trinajstić information content (AvgIpc) is 2.71. The smallest absolute Gasteiger partial charge is 0.151 e. The van der Waals surface area contributed by atoms with E-state index in [9.17, 15) is 0 Å². The molecule has 0 aliphatic carbocycles. The number of rotatable bonds is 0. The molecule has 1 N–H and O–H groups in total. The average molecular weight is 159 g/mol. The van der Waals surface area contributed by atoms with Gasteiger partial charge in [0.1, 0.15) is 5.69 Å². The highest BCUT2D eigenvalue weighted by atomic mass is 15.1. The topological polar surface area (TPSA) is 55.1 Å². The molecule has 0 saturated heterocycles. The van der Waals surface area contributed by atoms with Crippen molar-refractivity contribution in [2.45, 2.75) is 12.1 Å². The fraction of sp³-hybridized carbons (Fsp3) is 0.250. The molecule has 1 aromatic rings. The van der Waals surface area contributed by atoms with Crippen LogP contribution in [0, 0.1) is 0 Å². The van der Waals surface area contributed by atoms with Gasteiger partial charge in [0.2, 0.25) is 0 Å². The monoisotopic (exact) mass is 159 g/mol. The number of hydrogen-bond acceptors (Lipinski definition) is 2. The van der Waals surface area contributed by atoms with Gasteiger partial charge in [-0.15, -0.1) is 0 Å². The van der Waals surface area contributed by atoms with Gasteiger partial charge in [-0.05, 0) is 0 Å². The molecular formula is C8H7N4. The predicted octanol–water partition coefficient (Wildman–Crippen LogP) is 0.384. The molecule has 2 atom stereocenters. The summed E-state index contributed by atoms with van der Waals surface area (Å²) >= 11 is 0. The second-order valence-corrected chi connectivity index (χ2v) is 2.91. The lowest BCUT2D eigenvalue weighted by Crippen LogP contribution is -2.22. The van der Waals surface area contributed by atoms with Gasteiger partial charge >= 0.3 is 0 Å². The van der Waals surface area contributed by atoms with E-state index in [1.165, 1.54) is 0 Å². The van der Waals surface area contributed by atoms with Crippen molar-refractivity contribution in [1.82, 2.24) is 15.3 Å². The standard InChI is InChI=1S/C8H7N4/c1-2-9-8-5(1)7-6(3-10-8)11-4-12-7/h1-5,8H,(H,11,12). The molecule has 0 amide bonds. The first-order valence-electron chi connectivity index (χ1n) is 3.88. The van der Waals surface area contributed by atoms with Gasteiger partial charge in [-0.25, -0.2) is 4.98 Å². The van der Waals surface area contributed by atoms with Crippen LogP contribution in [0.4, 0.5) is 0 Å². The number of H-pyrrole nitrogens is 1. The minimum Gasteiger partial charge on any atom is -0.347 e. The zero-order chi connectivity index (χ0) is 7.97. The van der Waals surface area contributed by atoms with Crippen LogP contribution in [0.1, 0.15) is 17.3 Å². The number of aliphatic imine (C=N–C) groups is 1. The maximum Gasteiger partial charge on any atom is 0.151 e. The molecule has 3 rings (SSSR count). The van der Waals surface area contributed by atoms with E-state index in [4.69, 9.17) is 0 Å². The lowest BCUT2D eigenvalue weighted by atomic mass is 10.0. The number of nitrogens with one attached hydrogen (secondary N) is 1. The third-order valence-corrected chi connectivity index (χ3v) is 2.24. The van der Waals surface area contributed by atoms with Crippen LogP contribution in [0.5, 0.6) is 0 Å². The third kappa shape index (κ3) is 0.617. The molecule has 1 radical (unpaired) electrons. The highest BCUT2D eigenvalue weighted by Gasteiger charge is 2.30. The second kappa shape index (κ2) is 1.97. The molecule has 0 fully saturated rings. The molecule has 59 valence electrons. The van der Waals surface area contributed by atoms with E-state index in [2.05, 4.69) is 26.4 Å². The molecule has 2 aliphatic rings. The lowest BCUT2D eigenvalue weighted by molar-refractivity contribution is 0.574. The van der Waals surface area contributed by atoms with Crippen molar-refractivity contribution in [2.24, 2.45) is 4.99 Å². The number of aromatic nitrogens is 2. The van der Waals surface area contributed by atoms with E-state index < -0.39 is 0 Å². The van der Waals surface area contributed by atoms with Crippen molar-refractivity contribution in [3.05, 3.63) is 30.0 Å². The number of imidazole rings is 1. The normalized spacial score (nSPS) is 29.7. The van der Waals surface area contributed by atoms with E-state index in [0.717, 1.165) is 11.4 Å². The van der Waals surface area contributed by atoms with Gasteiger partial charge < -0.3 is 4.98 Å². The summed E-state index contributed by atoms with van der Waals surface area (Å²) in [4.78, 5) is 11.5. The van der Waals surface area contributed by atoms with E-state index in [-0.39, 0.29) is 12.1 Å². The fourth-order valence-corrected chi connectivity index (χ4v) is 1.63.